The van der Waals surface area contributed by atoms with E-state index >= 15 is 0 Å². The van der Waals surface area contributed by atoms with E-state index in [1.807, 2.05) is 18.2 Å². The van der Waals surface area contributed by atoms with Gasteiger partial charge in [0.1, 0.15) is 5.75 Å². The van der Waals surface area contributed by atoms with E-state index in [1.165, 1.54) is 7.11 Å². The van der Waals surface area contributed by atoms with E-state index in [1.54, 1.807) is 30.3 Å². The van der Waals surface area contributed by atoms with E-state index in [2.05, 4.69) is 11.4 Å². The van der Waals surface area contributed by atoms with Crippen molar-refractivity contribution in [3.8, 4) is 11.8 Å². The molecule has 1 unspecified atom stereocenters. The molecule has 1 aliphatic rings. The number of methoxy groups -OCH3 is 1. The van der Waals surface area contributed by atoms with Gasteiger partial charge >= 0.3 is 0 Å². The van der Waals surface area contributed by atoms with Crippen LogP contribution in [-0.2, 0) is 10.2 Å². The molecule has 1 aliphatic heterocycles. The molecule has 3 rings (SSSR count). The topological polar surface area (TPSA) is 62.1 Å². The van der Waals surface area contributed by atoms with E-state index in [9.17, 15) is 10.1 Å². The van der Waals surface area contributed by atoms with Crippen LogP contribution in [-0.4, -0.2) is 13.0 Å². The molecule has 0 bridgehead atoms. The molecule has 0 aliphatic carbocycles. The Bertz CT molecular complexity index is 733. The number of anilines is 1. The Morgan fingerprint density at radius 2 is 1.75 bits per heavy atom. The molecule has 0 saturated carbocycles. The number of nitrogens with one attached hydrogen (secondary N) is 1. The lowest BCUT2D eigenvalue weighted by Gasteiger charge is -2.22. The average molecular weight is 264 g/mol. The van der Waals surface area contributed by atoms with Crippen LogP contribution in [0, 0.1) is 11.3 Å². The van der Waals surface area contributed by atoms with E-state index in [-0.39, 0.29) is 5.91 Å². The highest BCUT2D eigenvalue weighted by Crippen LogP contribution is 2.45. The van der Waals surface area contributed by atoms with Gasteiger partial charge in [0.05, 0.1) is 13.2 Å². The summed E-state index contributed by atoms with van der Waals surface area (Å²) in [4.78, 5) is 12.5. The van der Waals surface area contributed by atoms with Gasteiger partial charge in [-0.25, -0.2) is 0 Å². The molecule has 0 aromatic heterocycles. The van der Waals surface area contributed by atoms with Crippen LogP contribution in [0.25, 0.3) is 0 Å². The zero-order valence-corrected chi connectivity index (χ0v) is 10.9. The standard InChI is InChI=1S/C16H12N2O2/c1-20-14-9-5-3-7-12(14)16(10-17)11-6-2-4-8-13(11)18-15(16)19/h2-9H,1H3,(H,18,19). The molecule has 4 nitrogen and oxygen atoms in total. The summed E-state index contributed by atoms with van der Waals surface area (Å²) in [5.41, 5.74) is 0.540. The summed E-state index contributed by atoms with van der Waals surface area (Å²) >= 11 is 0. The Balaban J connectivity index is 2.33. The van der Waals surface area contributed by atoms with Gasteiger partial charge in [0.15, 0.2) is 5.41 Å². The first-order chi connectivity index (χ1) is 9.74. The van der Waals surface area contributed by atoms with Gasteiger partial charge in [0.2, 0.25) is 0 Å². The van der Waals surface area contributed by atoms with Gasteiger partial charge in [-0.3, -0.25) is 4.79 Å². The molecule has 2 aromatic rings. The van der Waals surface area contributed by atoms with E-state index in [4.69, 9.17) is 4.74 Å². The maximum atomic E-state index is 12.5. The fourth-order valence-corrected chi connectivity index (χ4v) is 2.65. The van der Waals surface area contributed by atoms with Gasteiger partial charge in [-0.1, -0.05) is 36.4 Å². The van der Waals surface area contributed by atoms with Crippen LogP contribution in [0.5, 0.6) is 5.75 Å². The fourth-order valence-electron chi connectivity index (χ4n) is 2.65. The molecule has 0 fully saturated rings. The summed E-state index contributed by atoms with van der Waals surface area (Å²) < 4.78 is 5.32. The molecule has 1 amide bonds. The third-order valence-corrected chi connectivity index (χ3v) is 3.60. The van der Waals surface area contributed by atoms with Crippen molar-refractivity contribution >= 4 is 11.6 Å². The number of para-hydroxylation sites is 2. The Morgan fingerprint density at radius 1 is 1.10 bits per heavy atom. The number of amides is 1. The van der Waals surface area contributed by atoms with Crippen LogP contribution in [0.4, 0.5) is 5.69 Å². The predicted octanol–water partition coefficient (Wildman–Crippen LogP) is 2.46. The minimum absolute atomic E-state index is 0.342. The van der Waals surface area contributed by atoms with Gasteiger partial charge in [0, 0.05) is 16.8 Å². The SMILES string of the molecule is COc1ccccc1C1(C#N)C(=O)Nc2ccccc21. The molecule has 0 saturated heterocycles. The molecule has 1 heterocycles. The Kier molecular flexibility index (Phi) is 2.69. The largest absolute Gasteiger partial charge is 0.496 e. The third kappa shape index (κ3) is 1.44. The van der Waals surface area contributed by atoms with E-state index in [0.29, 0.717) is 22.6 Å². The van der Waals surface area contributed by atoms with Crippen molar-refractivity contribution in [2.45, 2.75) is 5.41 Å². The van der Waals surface area contributed by atoms with E-state index in [0.717, 1.165) is 0 Å². The summed E-state index contributed by atoms with van der Waals surface area (Å²) in [5, 5.41) is 12.5. The molecule has 1 N–H and O–H groups in total. The summed E-state index contributed by atoms with van der Waals surface area (Å²) in [5.74, 6) is 0.187. The second-order valence-corrected chi connectivity index (χ2v) is 4.56. The number of carbonyl (C=O) groups excluding carboxylic acids is 1. The van der Waals surface area contributed by atoms with Gasteiger partial charge in [-0.15, -0.1) is 0 Å². The molecular weight excluding hydrogens is 252 g/mol. The Morgan fingerprint density at radius 3 is 2.45 bits per heavy atom. The number of hydrogen-bond acceptors (Lipinski definition) is 3. The highest BCUT2D eigenvalue weighted by molar-refractivity contribution is 6.11. The monoisotopic (exact) mass is 264 g/mol. The lowest BCUT2D eigenvalue weighted by molar-refractivity contribution is -0.118. The second-order valence-electron chi connectivity index (χ2n) is 4.56. The van der Waals surface area contributed by atoms with Crippen LogP contribution >= 0.6 is 0 Å². The molecular formula is C16H12N2O2. The number of hydrogen-bond donors (Lipinski definition) is 1. The first kappa shape index (κ1) is 12.2. The summed E-state index contributed by atoms with van der Waals surface area (Å²) in [6, 6.07) is 16.5. The van der Waals surface area contributed by atoms with Crippen LogP contribution in [0.1, 0.15) is 11.1 Å². The van der Waals surface area contributed by atoms with Gasteiger partial charge < -0.3 is 10.1 Å². The third-order valence-electron chi connectivity index (χ3n) is 3.60. The lowest BCUT2D eigenvalue weighted by atomic mass is 9.76. The number of fused-ring (bicyclic) bond motifs is 1. The van der Waals surface area contributed by atoms with Crippen LogP contribution in [0.3, 0.4) is 0 Å². The van der Waals surface area contributed by atoms with Crippen molar-refractivity contribution in [3.63, 3.8) is 0 Å². The quantitative estimate of drug-likeness (QED) is 0.906. The highest BCUT2D eigenvalue weighted by atomic mass is 16.5. The minimum atomic E-state index is -1.36. The van der Waals surface area contributed by atoms with Crippen molar-refractivity contribution in [1.29, 1.82) is 5.26 Å². The van der Waals surface area contributed by atoms with Crippen molar-refractivity contribution in [3.05, 3.63) is 59.7 Å². The smallest absolute Gasteiger partial charge is 0.254 e. The molecule has 20 heavy (non-hydrogen) atoms. The number of nitriles is 1. The van der Waals surface area contributed by atoms with Crippen LogP contribution in [0.2, 0.25) is 0 Å². The van der Waals surface area contributed by atoms with Crippen LogP contribution < -0.4 is 10.1 Å². The molecule has 0 spiro atoms. The Hall–Kier alpha value is -2.80. The fraction of sp³-hybridized carbons (Fsp3) is 0.125. The van der Waals surface area contributed by atoms with Gasteiger partial charge in [-0.2, -0.15) is 5.26 Å². The number of nitrogens with zero attached hydrogens (tertiary/aromatic N) is 1. The first-order valence-corrected chi connectivity index (χ1v) is 6.19. The first-order valence-electron chi connectivity index (χ1n) is 6.19. The molecule has 98 valence electrons. The van der Waals surface area contributed by atoms with Crippen molar-refractivity contribution in [2.75, 3.05) is 12.4 Å². The number of carbonyl (C=O) groups is 1. The number of rotatable bonds is 2. The number of benzene rings is 2. The van der Waals surface area contributed by atoms with Crippen LogP contribution in [0.15, 0.2) is 48.5 Å². The molecule has 1 atom stereocenters. The normalized spacial score (nSPS) is 19.9. The second kappa shape index (κ2) is 4.39. The zero-order valence-electron chi connectivity index (χ0n) is 10.9. The lowest BCUT2D eigenvalue weighted by Crippen LogP contribution is -2.34. The van der Waals surface area contributed by atoms with Crippen molar-refractivity contribution < 1.29 is 9.53 Å². The summed E-state index contributed by atoms with van der Waals surface area (Å²) in [6.45, 7) is 0. The van der Waals surface area contributed by atoms with Crippen molar-refractivity contribution in [2.24, 2.45) is 0 Å². The molecule has 4 heteroatoms. The van der Waals surface area contributed by atoms with Gasteiger partial charge in [0.25, 0.3) is 5.91 Å². The average Bonchev–Trinajstić information content (AvgIpc) is 2.79. The summed E-state index contributed by atoms with van der Waals surface area (Å²) in [6.07, 6.45) is 0. The van der Waals surface area contributed by atoms with E-state index < -0.39 is 5.41 Å². The maximum Gasteiger partial charge on any atom is 0.254 e. The zero-order chi connectivity index (χ0) is 14.2. The van der Waals surface area contributed by atoms with Gasteiger partial charge in [-0.05, 0) is 12.1 Å². The summed E-state index contributed by atoms with van der Waals surface area (Å²) in [7, 11) is 1.53. The van der Waals surface area contributed by atoms with Crippen molar-refractivity contribution in [1.82, 2.24) is 0 Å². The minimum Gasteiger partial charge on any atom is -0.496 e. The predicted molar refractivity (Wildman–Crippen MR) is 74.5 cm³/mol. The maximum absolute atomic E-state index is 12.5. The highest BCUT2D eigenvalue weighted by Gasteiger charge is 2.50. The molecule has 0 radical (unpaired) electrons. The number of ether oxygens (including phenoxy) is 1. The Labute approximate surface area is 116 Å². The molecule has 2 aromatic carbocycles.